The van der Waals surface area contributed by atoms with E-state index in [0.29, 0.717) is 0 Å². The first kappa shape index (κ1) is 20.2. The Hall–Kier alpha value is -2.11. The van der Waals surface area contributed by atoms with Crippen LogP contribution in [0.5, 0.6) is 0 Å². The van der Waals surface area contributed by atoms with Crippen molar-refractivity contribution >= 4 is 17.0 Å². The van der Waals surface area contributed by atoms with Crippen molar-refractivity contribution in [1.29, 1.82) is 0 Å². The number of para-hydroxylation sites is 1. The molecule has 5 heteroatoms. The molecule has 0 amide bonds. The van der Waals surface area contributed by atoms with E-state index in [1.165, 1.54) is 22.0 Å². The summed E-state index contributed by atoms with van der Waals surface area (Å²) in [6.45, 7) is 12.4. The van der Waals surface area contributed by atoms with Crippen LogP contribution in [-0.2, 0) is 12.0 Å². The number of aryl methyl sites for hydroxylation is 1. The van der Waals surface area contributed by atoms with Crippen LogP contribution in [0, 0.1) is 0 Å². The predicted molar refractivity (Wildman–Crippen MR) is 124 cm³/mol. The number of hydrogen-bond acceptors (Lipinski definition) is 4. The van der Waals surface area contributed by atoms with Crippen molar-refractivity contribution in [3.8, 4) is 10.6 Å². The summed E-state index contributed by atoms with van der Waals surface area (Å²) in [5.41, 5.74) is 3.80. The zero-order chi connectivity index (χ0) is 20.3. The highest BCUT2D eigenvalue weighted by Gasteiger charge is 2.21. The Bertz CT molecular complexity index is 885. The van der Waals surface area contributed by atoms with Crippen molar-refractivity contribution in [2.45, 2.75) is 39.2 Å². The topological polar surface area (TPSA) is 24.3 Å². The van der Waals surface area contributed by atoms with Gasteiger partial charge in [-0.2, -0.15) is 5.10 Å². The second kappa shape index (κ2) is 8.72. The smallest absolute Gasteiger partial charge is 0.0791 e. The van der Waals surface area contributed by atoms with Gasteiger partial charge in [-0.1, -0.05) is 24.3 Å². The number of piperazine rings is 1. The Morgan fingerprint density at radius 2 is 1.72 bits per heavy atom. The van der Waals surface area contributed by atoms with Gasteiger partial charge in [-0.15, -0.1) is 11.3 Å². The van der Waals surface area contributed by atoms with Crippen LogP contribution in [0.2, 0.25) is 0 Å². The molecule has 1 aromatic carbocycles. The molecule has 0 N–H and O–H groups in total. The molecule has 1 saturated heterocycles. The molecule has 0 atom stereocenters. The molecule has 0 bridgehead atoms. The summed E-state index contributed by atoms with van der Waals surface area (Å²) >= 11 is 1.79. The predicted octanol–water partition coefficient (Wildman–Crippen LogP) is 5.12. The first-order valence-electron chi connectivity index (χ1n) is 10.7. The number of aromatic nitrogens is 2. The van der Waals surface area contributed by atoms with Crippen LogP contribution in [0.15, 0.2) is 53.9 Å². The lowest BCUT2D eigenvalue weighted by Gasteiger charge is -2.36. The molecular formula is C24H32N4S. The maximum atomic E-state index is 4.97. The Kier molecular flexibility index (Phi) is 6.07. The second-order valence-corrected chi connectivity index (χ2v) is 9.80. The van der Waals surface area contributed by atoms with Gasteiger partial charge in [0, 0.05) is 31.9 Å². The Labute approximate surface area is 178 Å². The molecule has 29 heavy (non-hydrogen) atoms. The fourth-order valence-corrected chi connectivity index (χ4v) is 4.74. The first-order chi connectivity index (χ1) is 14.0. The van der Waals surface area contributed by atoms with Crippen LogP contribution >= 0.6 is 11.3 Å². The highest BCUT2D eigenvalue weighted by atomic mass is 32.1. The summed E-state index contributed by atoms with van der Waals surface area (Å²) in [7, 11) is 0. The SMILES string of the molecule is CC(C)(C)n1nc(CCCN2CCN(c3ccccc3)CC2)cc1-c1cccs1. The molecule has 4 rings (SSSR count). The highest BCUT2D eigenvalue weighted by Crippen LogP contribution is 2.30. The van der Waals surface area contributed by atoms with Gasteiger partial charge in [0.2, 0.25) is 0 Å². The van der Waals surface area contributed by atoms with Gasteiger partial charge in [-0.3, -0.25) is 9.58 Å². The van der Waals surface area contributed by atoms with Gasteiger partial charge in [0.25, 0.3) is 0 Å². The van der Waals surface area contributed by atoms with E-state index in [9.17, 15) is 0 Å². The lowest BCUT2D eigenvalue weighted by molar-refractivity contribution is 0.254. The van der Waals surface area contributed by atoms with Crippen molar-refractivity contribution in [2.24, 2.45) is 0 Å². The first-order valence-corrected chi connectivity index (χ1v) is 11.5. The zero-order valence-electron chi connectivity index (χ0n) is 17.8. The molecule has 0 radical (unpaired) electrons. The third-order valence-electron chi connectivity index (χ3n) is 5.57. The van der Waals surface area contributed by atoms with Gasteiger partial charge >= 0.3 is 0 Å². The molecule has 0 unspecified atom stereocenters. The van der Waals surface area contributed by atoms with Crippen LogP contribution < -0.4 is 4.90 Å². The monoisotopic (exact) mass is 408 g/mol. The molecular weight excluding hydrogens is 376 g/mol. The summed E-state index contributed by atoms with van der Waals surface area (Å²) in [4.78, 5) is 6.39. The summed E-state index contributed by atoms with van der Waals surface area (Å²) < 4.78 is 2.20. The number of benzene rings is 1. The number of rotatable bonds is 6. The molecule has 3 heterocycles. The Balaban J connectivity index is 1.31. The summed E-state index contributed by atoms with van der Waals surface area (Å²) in [5, 5.41) is 7.11. The molecule has 1 aliphatic rings. The quantitative estimate of drug-likeness (QED) is 0.566. The van der Waals surface area contributed by atoms with E-state index in [4.69, 9.17) is 5.10 Å². The van der Waals surface area contributed by atoms with E-state index < -0.39 is 0 Å². The van der Waals surface area contributed by atoms with Crippen molar-refractivity contribution in [3.63, 3.8) is 0 Å². The van der Waals surface area contributed by atoms with Gasteiger partial charge in [0.1, 0.15) is 0 Å². The lowest BCUT2D eigenvalue weighted by atomic mass is 10.1. The molecule has 1 fully saturated rings. The summed E-state index contributed by atoms with van der Waals surface area (Å²) in [5.74, 6) is 0. The number of thiophene rings is 1. The average Bonchev–Trinajstić information content (AvgIpc) is 3.39. The van der Waals surface area contributed by atoms with Crippen LogP contribution in [0.4, 0.5) is 5.69 Å². The normalized spacial score (nSPS) is 15.8. The van der Waals surface area contributed by atoms with Crippen LogP contribution in [0.25, 0.3) is 10.6 Å². The standard InChI is InChI=1S/C24H32N4S/c1-24(2,3)28-22(23-12-8-18-29-23)19-20(25-28)9-7-13-26-14-16-27(17-15-26)21-10-5-4-6-11-21/h4-6,8,10-12,18-19H,7,9,13-17H2,1-3H3. The summed E-state index contributed by atoms with van der Waals surface area (Å²) in [6.07, 6.45) is 2.21. The minimum absolute atomic E-state index is 0.00859. The number of nitrogens with zero attached hydrogens (tertiary/aromatic N) is 4. The van der Waals surface area contributed by atoms with Gasteiger partial charge in [-0.05, 0) is 69.8 Å². The molecule has 0 aliphatic carbocycles. The highest BCUT2D eigenvalue weighted by molar-refractivity contribution is 7.13. The number of hydrogen-bond donors (Lipinski definition) is 0. The molecule has 0 saturated carbocycles. The minimum Gasteiger partial charge on any atom is -0.369 e. The second-order valence-electron chi connectivity index (χ2n) is 8.85. The lowest BCUT2D eigenvalue weighted by Crippen LogP contribution is -2.46. The van der Waals surface area contributed by atoms with Gasteiger partial charge in [-0.25, -0.2) is 0 Å². The zero-order valence-corrected chi connectivity index (χ0v) is 18.7. The van der Waals surface area contributed by atoms with E-state index in [1.807, 2.05) is 0 Å². The minimum atomic E-state index is -0.00859. The van der Waals surface area contributed by atoms with Crippen molar-refractivity contribution < 1.29 is 0 Å². The third kappa shape index (κ3) is 4.90. The molecule has 4 nitrogen and oxygen atoms in total. The van der Waals surface area contributed by atoms with E-state index in [2.05, 4.69) is 89.2 Å². The summed E-state index contributed by atoms with van der Waals surface area (Å²) in [6, 6.07) is 17.4. The van der Waals surface area contributed by atoms with Crippen molar-refractivity contribution in [3.05, 3.63) is 59.6 Å². The van der Waals surface area contributed by atoms with Crippen molar-refractivity contribution in [2.75, 3.05) is 37.6 Å². The van der Waals surface area contributed by atoms with Crippen LogP contribution in [0.1, 0.15) is 32.9 Å². The molecule has 0 spiro atoms. The molecule has 3 aromatic rings. The van der Waals surface area contributed by atoms with E-state index in [-0.39, 0.29) is 5.54 Å². The van der Waals surface area contributed by atoms with Crippen LogP contribution in [-0.4, -0.2) is 47.4 Å². The van der Waals surface area contributed by atoms with E-state index >= 15 is 0 Å². The fraction of sp³-hybridized carbons (Fsp3) is 0.458. The van der Waals surface area contributed by atoms with Crippen LogP contribution in [0.3, 0.4) is 0 Å². The third-order valence-corrected chi connectivity index (χ3v) is 6.46. The molecule has 154 valence electrons. The Morgan fingerprint density at radius 3 is 2.38 bits per heavy atom. The maximum Gasteiger partial charge on any atom is 0.0791 e. The van der Waals surface area contributed by atoms with E-state index in [0.717, 1.165) is 45.6 Å². The molecule has 1 aliphatic heterocycles. The average molecular weight is 409 g/mol. The van der Waals surface area contributed by atoms with Crippen molar-refractivity contribution in [1.82, 2.24) is 14.7 Å². The largest absolute Gasteiger partial charge is 0.369 e. The van der Waals surface area contributed by atoms with Gasteiger partial charge in [0.15, 0.2) is 0 Å². The van der Waals surface area contributed by atoms with Gasteiger partial charge < -0.3 is 4.90 Å². The Morgan fingerprint density at radius 1 is 0.966 bits per heavy atom. The fourth-order valence-electron chi connectivity index (χ4n) is 4.02. The number of anilines is 1. The van der Waals surface area contributed by atoms with E-state index in [1.54, 1.807) is 11.3 Å². The van der Waals surface area contributed by atoms with Gasteiger partial charge in [0.05, 0.1) is 21.8 Å². The molecule has 2 aromatic heterocycles. The maximum absolute atomic E-state index is 4.97.